The van der Waals surface area contributed by atoms with Gasteiger partial charge in [0.2, 0.25) is 0 Å². The molecule has 0 saturated carbocycles. The van der Waals surface area contributed by atoms with Crippen LogP contribution in [0.5, 0.6) is 0 Å². The first-order valence-electron chi connectivity index (χ1n) is 6.13. The maximum atomic E-state index is 10.2. The minimum Gasteiger partial charge on any atom is -0.388 e. The maximum absolute atomic E-state index is 10.2. The Bertz CT molecular complexity index is 298. The summed E-state index contributed by atoms with van der Waals surface area (Å²) in [6.07, 6.45) is 6.24. The number of hydrogen-bond donors (Lipinski definition) is 2. The summed E-state index contributed by atoms with van der Waals surface area (Å²) < 4.78 is 1.87. The molecule has 16 heavy (non-hydrogen) atoms. The molecule has 1 aromatic heterocycles. The molecule has 0 saturated heterocycles. The minimum absolute atomic E-state index is 0.143. The van der Waals surface area contributed by atoms with Gasteiger partial charge in [0.15, 0.2) is 0 Å². The first-order valence-corrected chi connectivity index (χ1v) is 6.13. The van der Waals surface area contributed by atoms with Crippen LogP contribution in [0.25, 0.3) is 0 Å². The molecule has 0 fully saturated rings. The Morgan fingerprint density at radius 1 is 1.44 bits per heavy atom. The monoisotopic (exact) mass is 225 g/mol. The van der Waals surface area contributed by atoms with Gasteiger partial charge >= 0.3 is 0 Å². The summed E-state index contributed by atoms with van der Waals surface area (Å²) in [5, 5.41) is 14.4. The van der Waals surface area contributed by atoms with Gasteiger partial charge in [-0.25, -0.2) is 0 Å². The van der Waals surface area contributed by atoms with Crippen molar-refractivity contribution in [3.8, 4) is 0 Å². The number of rotatable bonds is 7. The topological polar surface area (TPSA) is 64.1 Å². The Morgan fingerprint density at radius 3 is 2.75 bits per heavy atom. The average molecular weight is 225 g/mol. The predicted molar refractivity (Wildman–Crippen MR) is 64.9 cm³/mol. The minimum atomic E-state index is -0.476. The fourth-order valence-corrected chi connectivity index (χ4v) is 1.93. The van der Waals surface area contributed by atoms with Crippen molar-refractivity contribution in [2.24, 2.45) is 11.7 Å². The lowest BCUT2D eigenvalue weighted by atomic mass is 9.94. The largest absolute Gasteiger partial charge is 0.388 e. The zero-order valence-corrected chi connectivity index (χ0v) is 10.3. The number of nitrogens with zero attached hydrogens (tertiary/aromatic N) is 2. The second kappa shape index (κ2) is 6.66. The molecule has 2 unspecified atom stereocenters. The molecule has 4 heteroatoms. The summed E-state index contributed by atoms with van der Waals surface area (Å²) >= 11 is 0. The van der Waals surface area contributed by atoms with Crippen LogP contribution in [0.2, 0.25) is 0 Å². The van der Waals surface area contributed by atoms with Crippen molar-refractivity contribution in [1.29, 1.82) is 0 Å². The third-order valence-corrected chi connectivity index (χ3v) is 2.86. The fourth-order valence-electron chi connectivity index (χ4n) is 1.93. The number of aliphatic hydroxyl groups excluding tert-OH is 1. The molecule has 92 valence electrons. The van der Waals surface area contributed by atoms with E-state index in [0.717, 1.165) is 31.4 Å². The number of aryl methyl sites for hydroxylation is 1. The molecule has 0 bridgehead atoms. The highest BCUT2D eigenvalue weighted by atomic mass is 16.3. The van der Waals surface area contributed by atoms with Crippen LogP contribution in [0.3, 0.4) is 0 Å². The van der Waals surface area contributed by atoms with Crippen molar-refractivity contribution >= 4 is 0 Å². The molecule has 4 nitrogen and oxygen atoms in total. The Kier molecular flexibility index (Phi) is 5.49. The van der Waals surface area contributed by atoms with Gasteiger partial charge in [-0.05, 0) is 19.4 Å². The lowest BCUT2D eigenvalue weighted by Gasteiger charge is -2.19. The van der Waals surface area contributed by atoms with E-state index in [1.807, 2.05) is 10.9 Å². The fraction of sp³-hybridized carbons (Fsp3) is 0.750. The van der Waals surface area contributed by atoms with E-state index in [2.05, 4.69) is 18.9 Å². The molecule has 0 aliphatic carbocycles. The van der Waals surface area contributed by atoms with Crippen molar-refractivity contribution in [2.75, 3.05) is 6.54 Å². The number of aliphatic hydroxyl groups is 1. The molecule has 0 aliphatic rings. The molecule has 0 aliphatic heterocycles. The van der Waals surface area contributed by atoms with E-state index in [-0.39, 0.29) is 5.92 Å². The van der Waals surface area contributed by atoms with E-state index >= 15 is 0 Å². The predicted octanol–water partition coefficient (Wildman–Crippen LogP) is 1.70. The lowest BCUT2D eigenvalue weighted by Crippen LogP contribution is -2.21. The van der Waals surface area contributed by atoms with Crippen molar-refractivity contribution < 1.29 is 5.11 Å². The van der Waals surface area contributed by atoms with Crippen LogP contribution in [-0.2, 0) is 6.54 Å². The molecule has 0 aromatic carbocycles. The molecule has 1 aromatic rings. The van der Waals surface area contributed by atoms with Crippen molar-refractivity contribution in [3.63, 3.8) is 0 Å². The van der Waals surface area contributed by atoms with E-state index in [1.54, 1.807) is 6.20 Å². The lowest BCUT2D eigenvalue weighted by molar-refractivity contribution is 0.106. The molecule has 0 radical (unpaired) electrons. The number of hydrogen-bond acceptors (Lipinski definition) is 3. The molecule has 1 rings (SSSR count). The van der Waals surface area contributed by atoms with Gasteiger partial charge in [0.25, 0.3) is 0 Å². The van der Waals surface area contributed by atoms with Crippen LogP contribution < -0.4 is 5.73 Å². The van der Waals surface area contributed by atoms with Gasteiger partial charge in [-0.15, -0.1) is 0 Å². The third-order valence-electron chi connectivity index (χ3n) is 2.86. The van der Waals surface area contributed by atoms with Gasteiger partial charge in [0.1, 0.15) is 0 Å². The summed E-state index contributed by atoms with van der Waals surface area (Å²) in [4.78, 5) is 0. The summed E-state index contributed by atoms with van der Waals surface area (Å²) in [6.45, 7) is 5.63. The van der Waals surface area contributed by atoms with Crippen molar-refractivity contribution in [3.05, 3.63) is 18.0 Å². The standard InChI is InChI=1S/C12H23N3O/c1-3-5-10(7-13)12(16)11-8-14-15(9-11)6-4-2/h8-10,12,16H,3-7,13H2,1-2H3. The van der Waals surface area contributed by atoms with E-state index in [9.17, 15) is 5.11 Å². The smallest absolute Gasteiger partial charge is 0.0860 e. The van der Waals surface area contributed by atoms with Gasteiger partial charge < -0.3 is 10.8 Å². The quantitative estimate of drug-likeness (QED) is 0.742. The highest BCUT2D eigenvalue weighted by Crippen LogP contribution is 2.24. The Labute approximate surface area is 97.5 Å². The molecule has 2 atom stereocenters. The highest BCUT2D eigenvalue weighted by molar-refractivity contribution is 5.09. The second-order valence-electron chi connectivity index (χ2n) is 4.27. The molecular weight excluding hydrogens is 202 g/mol. The normalized spacial score (nSPS) is 15.0. The van der Waals surface area contributed by atoms with Crippen LogP contribution in [0, 0.1) is 5.92 Å². The van der Waals surface area contributed by atoms with Crippen LogP contribution in [0.15, 0.2) is 12.4 Å². The van der Waals surface area contributed by atoms with Crippen LogP contribution >= 0.6 is 0 Å². The summed E-state index contributed by atoms with van der Waals surface area (Å²) in [7, 11) is 0. The van der Waals surface area contributed by atoms with Gasteiger partial charge in [-0.3, -0.25) is 4.68 Å². The number of aromatic nitrogens is 2. The first-order chi connectivity index (χ1) is 7.72. The Morgan fingerprint density at radius 2 is 2.19 bits per heavy atom. The SMILES string of the molecule is CCCC(CN)C(O)c1cnn(CCC)c1. The highest BCUT2D eigenvalue weighted by Gasteiger charge is 2.20. The van der Waals surface area contributed by atoms with Gasteiger partial charge in [0, 0.05) is 24.2 Å². The molecule has 0 amide bonds. The summed E-state index contributed by atoms with van der Waals surface area (Å²) in [5.41, 5.74) is 6.56. The first kappa shape index (κ1) is 13.2. The van der Waals surface area contributed by atoms with Gasteiger partial charge in [0.05, 0.1) is 12.3 Å². The molecule has 1 heterocycles. The van der Waals surface area contributed by atoms with Gasteiger partial charge in [-0.2, -0.15) is 5.10 Å². The van der Waals surface area contributed by atoms with Crippen molar-refractivity contribution in [1.82, 2.24) is 9.78 Å². The molecule has 3 N–H and O–H groups in total. The van der Waals surface area contributed by atoms with Crippen LogP contribution in [0.1, 0.15) is 44.8 Å². The average Bonchev–Trinajstić information content (AvgIpc) is 2.74. The zero-order valence-electron chi connectivity index (χ0n) is 10.3. The van der Waals surface area contributed by atoms with Crippen molar-refractivity contribution in [2.45, 2.75) is 45.8 Å². The summed E-state index contributed by atoms with van der Waals surface area (Å²) in [6, 6.07) is 0. The summed E-state index contributed by atoms with van der Waals surface area (Å²) in [5.74, 6) is 0.143. The zero-order chi connectivity index (χ0) is 12.0. The third kappa shape index (κ3) is 3.32. The van der Waals surface area contributed by atoms with E-state index in [4.69, 9.17) is 5.73 Å². The second-order valence-corrected chi connectivity index (χ2v) is 4.27. The van der Waals surface area contributed by atoms with E-state index in [1.165, 1.54) is 0 Å². The Hall–Kier alpha value is -0.870. The van der Waals surface area contributed by atoms with Crippen LogP contribution in [-0.4, -0.2) is 21.4 Å². The maximum Gasteiger partial charge on any atom is 0.0860 e. The van der Waals surface area contributed by atoms with Gasteiger partial charge in [-0.1, -0.05) is 20.3 Å². The van der Waals surface area contributed by atoms with E-state index in [0.29, 0.717) is 6.54 Å². The molecule has 0 spiro atoms. The Balaban J connectivity index is 2.66. The van der Waals surface area contributed by atoms with Crippen LogP contribution in [0.4, 0.5) is 0 Å². The number of nitrogens with two attached hydrogens (primary N) is 1. The van der Waals surface area contributed by atoms with E-state index < -0.39 is 6.10 Å². The molecular formula is C12H23N3O.